The maximum Gasteiger partial charge on any atom is 0.414 e. The van der Waals surface area contributed by atoms with Gasteiger partial charge in [0.2, 0.25) is 0 Å². The first-order valence-corrected chi connectivity index (χ1v) is 6.42. The van der Waals surface area contributed by atoms with E-state index in [4.69, 9.17) is 15.2 Å². The first kappa shape index (κ1) is 12.7. The van der Waals surface area contributed by atoms with E-state index < -0.39 is 6.09 Å². The summed E-state index contributed by atoms with van der Waals surface area (Å²) in [7, 11) is 0. The topological polar surface area (TPSA) is 93.9 Å². The van der Waals surface area contributed by atoms with Crippen molar-refractivity contribution in [2.75, 3.05) is 29.9 Å². The Kier molecular flexibility index (Phi) is 3.19. The molecule has 2 aliphatic heterocycles. The third kappa shape index (κ3) is 2.27. The summed E-state index contributed by atoms with van der Waals surface area (Å²) in [5, 5.41) is 2.71. The van der Waals surface area contributed by atoms with Crippen LogP contribution in [-0.2, 0) is 9.53 Å². The molecule has 3 N–H and O–H groups in total. The van der Waals surface area contributed by atoms with Crippen molar-refractivity contribution >= 4 is 23.4 Å². The number of benzene rings is 1. The Hall–Kier alpha value is -2.28. The van der Waals surface area contributed by atoms with Crippen molar-refractivity contribution in [2.45, 2.75) is 12.5 Å². The van der Waals surface area contributed by atoms with E-state index in [9.17, 15) is 9.59 Å². The fourth-order valence-corrected chi connectivity index (χ4v) is 2.31. The predicted octanol–water partition coefficient (Wildman–Crippen LogP) is 0.691. The van der Waals surface area contributed by atoms with Crippen LogP contribution < -0.4 is 20.7 Å². The first-order chi connectivity index (χ1) is 9.67. The molecule has 2 amide bonds. The van der Waals surface area contributed by atoms with Gasteiger partial charge in [0, 0.05) is 5.69 Å². The van der Waals surface area contributed by atoms with Crippen molar-refractivity contribution < 1.29 is 19.1 Å². The molecule has 0 radical (unpaired) electrons. The number of nitrogens with two attached hydrogens (primary N) is 1. The second kappa shape index (κ2) is 5.01. The van der Waals surface area contributed by atoms with Gasteiger partial charge in [0.15, 0.2) is 6.61 Å². The lowest BCUT2D eigenvalue weighted by Crippen LogP contribution is -2.27. The Morgan fingerprint density at radius 1 is 1.40 bits per heavy atom. The molecule has 20 heavy (non-hydrogen) atoms. The molecule has 1 fully saturated rings. The van der Waals surface area contributed by atoms with Gasteiger partial charge in [0.25, 0.3) is 5.91 Å². The number of nitrogens with zero attached hydrogens (tertiary/aromatic N) is 1. The first-order valence-electron chi connectivity index (χ1n) is 6.42. The molecular formula is C13H15N3O4. The molecule has 0 unspecified atom stereocenters. The quantitative estimate of drug-likeness (QED) is 0.847. The summed E-state index contributed by atoms with van der Waals surface area (Å²) >= 11 is 0. The molecule has 0 aliphatic carbocycles. The minimum absolute atomic E-state index is 0.0106. The molecule has 7 nitrogen and oxygen atoms in total. The molecule has 2 heterocycles. The van der Waals surface area contributed by atoms with Gasteiger partial charge >= 0.3 is 6.09 Å². The second-order valence-electron chi connectivity index (χ2n) is 4.71. The van der Waals surface area contributed by atoms with Crippen molar-refractivity contribution in [2.24, 2.45) is 5.73 Å². The molecule has 0 saturated carbocycles. The van der Waals surface area contributed by atoms with Crippen LogP contribution in [0, 0.1) is 0 Å². The maximum atomic E-state index is 11.8. The highest BCUT2D eigenvalue weighted by molar-refractivity contribution is 5.97. The molecule has 106 valence electrons. The van der Waals surface area contributed by atoms with Gasteiger partial charge < -0.3 is 20.5 Å². The highest BCUT2D eigenvalue weighted by Gasteiger charge is 2.32. The van der Waals surface area contributed by atoms with E-state index in [1.807, 2.05) is 0 Å². The van der Waals surface area contributed by atoms with Crippen LogP contribution in [0.1, 0.15) is 6.42 Å². The Bertz CT molecular complexity index is 561. The molecule has 0 spiro atoms. The van der Waals surface area contributed by atoms with Crippen LogP contribution >= 0.6 is 0 Å². The summed E-state index contributed by atoms with van der Waals surface area (Å²) in [5.41, 5.74) is 6.70. The normalized spacial score (nSPS) is 21.1. The molecular weight excluding hydrogens is 262 g/mol. The predicted molar refractivity (Wildman–Crippen MR) is 71.9 cm³/mol. The van der Waals surface area contributed by atoms with E-state index in [1.165, 1.54) is 4.90 Å². The van der Waals surface area contributed by atoms with Gasteiger partial charge in [0.05, 0.1) is 12.2 Å². The average Bonchev–Trinajstić information content (AvgIpc) is 2.79. The third-order valence-electron chi connectivity index (χ3n) is 3.27. The number of anilines is 2. The van der Waals surface area contributed by atoms with Crippen LogP contribution in [0.3, 0.4) is 0 Å². The minimum Gasteiger partial charge on any atom is -0.482 e. The van der Waals surface area contributed by atoms with Gasteiger partial charge in [0.1, 0.15) is 11.9 Å². The van der Waals surface area contributed by atoms with E-state index in [-0.39, 0.29) is 18.6 Å². The van der Waals surface area contributed by atoms with E-state index in [1.54, 1.807) is 18.2 Å². The number of amides is 2. The summed E-state index contributed by atoms with van der Waals surface area (Å²) in [6.45, 7) is 0.945. The smallest absolute Gasteiger partial charge is 0.414 e. The molecule has 0 bridgehead atoms. The van der Waals surface area contributed by atoms with Crippen LogP contribution in [0.15, 0.2) is 18.2 Å². The zero-order chi connectivity index (χ0) is 14.1. The van der Waals surface area contributed by atoms with Gasteiger partial charge in [-0.15, -0.1) is 0 Å². The van der Waals surface area contributed by atoms with E-state index >= 15 is 0 Å². The number of hydrogen-bond acceptors (Lipinski definition) is 5. The van der Waals surface area contributed by atoms with Crippen molar-refractivity contribution in [1.82, 2.24) is 0 Å². The van der Waals surface area contributed by atoms with Crippen molar-refractivity contribution in [3.8, 4) is 5.75 Å². The summed E-state index contributed by atoms with van der Waals surface area (Å²) in [4.78, 5) is 24.7. The fraction of sp³-hybridized carbons (Fsp3) is 0.385. The lowest BCUT2D eigenvalue weighted by Gasteiger charge is -2.20. The van der Waals surface area contributed by atoms with Crippen molar-refractivity contribution in [3.63, 3.8) is 0 Å². The zero-order valence-corrected chi connectivity index (χ0v) is 10.8. The SMILES string of the molecule is NCC[C@H]1CN(c2ccc3c(c2)NC(=O)CO3)C(=O)O1. The number of carbonyl (C=O) groups is 2. The Labute approximate surface area is 115 Å². The van der Waals surface area contributed by atoms with Gasteiger partial charge in [-0.3, -0.25) is 9.69 Å². The largest absolute Gasteiger partial charge is 0.482 e. The monoisotopic (exact) mass is 277 g/mol. The summed E-state index contributed by atoms with van der Waals surface area (Å²) < 4.78 is 10.5. The summed E-state index contributed by atoms with van der Waals surface area (Å²) in [6.07, 6.45) is 0.0494. The van der Waals surface area contributed by atoms with Crippen LogP contribution in [0.4, 0.5) is 16.2 Å². The highest BCUT2D eigenvalue weighted by Crippen LogP contribution is 2.33. The van der Waals surface area contributed by atoms with E-state index in [0.717, 1.165) is 0 Å². The van der Waals surface area contributed by atoms with Crippen LogP contribution in [0.2, 0.25) is 0 Å². The van der Waals surface area contributed by atoms with Gasteiger partial charge in [-0.1, -0.05) is 0 Å². The molecule has 1 aromatic rings. The standard InChI is InChI=1S/C13H15N3O4/c14-4-3-9-6-16(13(18)20-9)8-1-2-11-10(5-8)15-12(17)7-19-11/h1-2,5,9H,3-4,6-7,14H2,(H,15,17)/t9-/m0/s1. The number of hydrogen-bond donors (Lipinski definition) is 2. The lowest BCUT2D eigenvalue weighted by atomic mass is 10.2. The average molecular weight is 277 g/mol. The Morgan fingerprint density at radius 3 is 3.05 bits per heavy atom. The zero-order valence-electron chi connectivity index (χ0n) is 10.8. The number of carbonyl (C=O) groups excluding carboxylic acids is 2. The molecule has 1 aromatic carbocycles. The van der Waals surface area contributed by atoms with Crippen LogP contribution in [-0.4, -0.2) is 37.8 Å². The highest BCUT2D eigenvalue weighted by atomic mass is 16.6. The third-order valence-corrected chi connectivity index (χ3v) is 3.27. The van der Waals surface area contributed by atoms with Gasteiger partial charge in [-0.25, -0.2) is 4.79 Å². The van der Waals surface area contributed by atoms with E-state index in [0.29, 0.717) is 36.6 Å². The van der Waals surface area contributed by atoms with Gasteiger partial charge in [-0.2, -0.15) is 0 Å². The number of rotatable bonds is 3. The molecule has 1 atom stereocenters. The number of nitrogens with one attached hydrogen (secondary N) is 1. The molecule has 1 saturated heterocycles. The molecule has 7 heteroatoms. The van der Waals surface area contributed by atoms with Crippen LogP contribution in [0.25, 0.3) is 0 Å². The molecule has 3 rings (SSSR count). The Morgan fingerprint density at radius 2 is 2.25 bits per heavy atom. The number of fused-ring (bicyclic) bond motifs is 1. The van der Waals surface area contributed by atoms with Gasteiger partial charge in [-0.05, 0) is 31.2 Å². The molecule has 2 aliphatic rings. The maximum absolute atomic E-state index is 11.8. The van der Waals surface area contributed by atoms with Crippen molar-refractivity contribution in [3.05, 3.63) is 18.2 Å². The second-order valence-corrected chi connectivity index (χ2v) is 4.71. The fourth-order valence-electron chi connectivity index (χ4n) is 2.31. The number of ether oxygens (including phenoxy) is 2. The van der Waals surface area contributed by atoms with Crippen LogP contribution in [0.5, 0.6) is 5.75 Å². The molecule has 0 aromatic heterocycles. The van der Waals surface area contributed by atoms with E-state index in [2.05, 4.69) is 5.32 Å². The lowest BCUT2D eigenvalue weighted by molar-refractivity contribution is -0.118. The number of cyclic esters (lactones) is 1. The summed E-state index contributed by atoms with van der Waals surface area (Å²) in [6, 6.07) is 5.20. The minimum atomic E-state index is -0.397. The summed E-state index contributed by atoms with van der Waals surface area (Å²) in [5.74, 6) is 0.388. The Balaban J connectivity index is 1.82. The van der Waals surface area contributed by atoms with Crippen molar-refractivity contribution in [1.29, 1.82) is 0 Å².